The maximum absolute atomic E-state index is 13.2. The number of rotatable bonds is 0. The van der Waals surface area contributed by atoms with Gasteiger partial charge in [-0.3, -0.25) is 9.69 Å². The highest BCUT2D eigenvalue weighted by Gasteiger charge is 2.64. The first kappa shape index (κ1) is 21.1. The highest BCUT2D eigenvalue weighted by molar-refractivity contribution is 5.83. The van der Waals surface area contributed by atoms with Crippen LogP contribution in [0.5, 0.6) is 0 Å². The van der Waals surface area contributed by atoms with Crippen LogP contribution in [0.15, 0.2) is 0 Å². The van der Waals surface area contributed by atoms with Gasteiger partial charge in [-0.05, 0) is 105 Å². The Hall–Kier alpha value is -0.450. The number of aliphatic hydroxyl groups excluding tert-OH is 1. The first-order chi connectivity index (χ1) is 14.7. The van der Waals surface area contributed by atoms with Crippen molar-refractivity contribution < 1.29 is 15.0 Å². The van der Waals surface area contributed by atoms with Gasteiger partial charge in [-0.15, -0.1) is 0 Å². The summed E-state index contributed by atoms with van der Waals surface area (Å²) in [5.41, 5.74) is -0.482. The van der Waals surface area contributed by atoms with Crippen molar-refractivity contribution >= 4 is 5.78 Å². The van der Waals surface area contributed by atoms with Crippen molar-refractivity contribution in [1.82, 2.24) is 4.90 Å². The Morgan fingerprint density at radius 3 is 2.52 bits per heavy atom. The molecule has 0 aromatic rings. The van der Waals surface area contributed by atoms with E-state index in [-0.39, 0.29) is 17.4 Å². The SMILES string of the molecule is C[C@H]1CC[C@@H]2N(C1)C[C@@H]1[C@@H]3C[C@H]4[C@H](CC(=O)[C@H]5C[C@@H](O)CC[C@@]54C)[C@@H]3CC[C@H]1[C@]2(C)O. The topological polar surface area (TPSA) is 60.8 Å². The minimum Gasteiger partial charge on any atom is -0.393 e. The van der Waals surface area contributed by atoms with E-state index in [1.807, 2.05) is 0 Å². The van der Waals surface area contributed by atoms with E-state index in [0.717, 1.165) is 44.6 Å². The molecule has 2 aliphatic heterocycles. The van der Waals surface area contributed by atoms with E-state index in [9.17, 15) is 15.0 Å². The quantitative estimate of drug-likeness (QED) is 0.613. The molecule has 0 unspecified atom stereocenters. The molecule has 0 aromatic heterocycles. The first-order valence-electron chi connectivity index (χ1n) is 13.4. The van der Waals surface area contributed by atoms with Gasteiger partial charge in [0.05, 0.1) is 11.7 Å². The number of nitrogens with zero attached hydrogens (tertiary/aromatic N) is 1. The minimum atomic E-state index is -0.570. The lowest BCUT2D eigenvalue weighted by atomic mass is 9.51. The van der Waals surface area contributed by atoms with Crippen molar-refractivity contribution in [3.05, 3.63) is 0 Å². The van der Waals surface area contributed by atoms with Crippen molar-refractivity contribution in [2.24, 2.45) is 52.8 Å². The molecule has 2 N–H and O–H groups in total. The van der Waals surface area contributed by atoms with Crippen molar-refractivity contribution in [1.29, 1.82) is 0 Å². The molecule has 0 bridgehead atoms. The molecule has 4 aliphatic carbocycles. The number of Topliss-reactive ketones (excluding diaryl/α,β-unsaturated/α-hetero) is 1. The summed E-state index contributed by atoms with van der Waals surface area (Å²) in [5, 5.41) is 22.1. The molecule has 31 heavy (non-hydrogen) atoms. The lowest BCUT2D eigenvalue weighted by Crippen LogP contribution is -2.67. The summed E-state index contributed by atoms with van der Waals surface area (Å²) in [5.74, 6) is 4.82. The van der Waals surface area contributed by atoms with E-state index in [1.165, 1.54) is 25.8 Å². The smallest absolute Gasteiger partial charge is 0.136 e. The van der Waals surface area contributed by atoms with Gasteiger partial charge in [-0.1, -0.05) is 13.8 Å². The highest BCUT2D eigenvalue weighted by atomic mass is 16.3. The average Bonchev–Trinajstić information content (AvgIpc) is 3.09. The van der Waals surface area contributed by atoms with Crippen LogP contribution in [0.3, 0.4) is 0 Å². The number of hydrogen-bond acceptors (Lipinski definition) is 4. The zero-order chi connectivity index (χ0) is 21.7. The number of carbonyl (C=O) groups excluding carboxylic acids is 1. The number of fused-ring (bicyclic) bond motifs is 8. The van der Waals surface area contributed by atoms with E-state index >= 15 is 0 Å². The van der Waals surface area contributed by atoms with Gasteiger partial charge in [0.2, 0.25) is 0 Å². The maximum atomic E-state index is 13.2. The molecular formula is C27H43NO3. The fourth-order valence-electron chi connectivity index (χ4n) is 10.4. The van der Waals surface area contributed by atoms with Crippen LogP contribution in [0, 0.1) is 52.8 Å². The molecule has 0 amide bonds. The molecule has 0 spiro atoms. The summed E-state index contributed by atoms with van der Waals surface area (Å²) in [6.45, 7) is 9.23. The molecule has 12 atom stereocenters. The van der Waals surface area contributed by atoms with Gasteiger partial charge in [0.1, 0.15) is 5.78 Å². The number of aliphatic hydroxyl groups is 2. The second kappa shape index (κ2) is 7.03. The van der Waals surface area contributed by atoms with E-state index < -0.39 is 5.60 Å². The molecule has 0 radical (unpaired) electrons. The second-order valence-corrected chi connectivity index (χ2v) is 13.2. The van der Waals surface area contributed by atoms with Crippen LogP contribution in [0.1, 0.15) is 78.6 Å². The summed E-state index contributed by atoms with van der Waals surface area (Å²) < 4.78 is 0. The lowest BCUT2D eigenvalue weighted by Gasteiger charge is -2.59. The summed E-state index contributed by atoms with van der Waals surface area (Å²) >= 11 is 0. The highest BCUT2D eigenvalue weighted by Crippen LogP contribution is 2.66. The number of hydrogen-bond donors (Lipinski definition) is 2. The van der Waals surface area contributed by atoms with Crippen LogP contribution < -0.4 is 0 Å². The molecule has 0 aromatic carbocycles. The fourth-order valence-corrected chi connectivity index (χ4v) is 10.4. The van der Waals surface area contributed by atoms with Crippen LogP contribution >= 0.6 is 0 Å². The zero-order valence-electron chi connectivity index (χ0n) is 19.8. The zero-order valence-corrected chi connectivity index (χ0v) is 19.8. The Morgan fingerprint density at radius 1 is 0.903 bits per heavy atom. The maximum Gasteiger partial charge on any atom is 0.136 e. The van der Waals surface area contributed by atoms with Crippen LogP contribution in [0.2, 0.25) is 0 Å². The summed E-state index contributed by atoms with van der Waals surface area (Å²) in [6.07, 6.45) is 9.08. The van der Waals surface area contributed by atoms with Gasteiger partial charge in [-0.25, -0.2) is 0 Å². The number of ketones is 1. The molecule has 6 aliphatic rings. The normalized spacial score (nSPS) is 59.2. The summed E-state index contributed by atoms with van der Waals surface area (Å²) in [6, 6.07) is 0.341. The first-order valence-corrected chi connectivity index (χ1v) is 13.4. The van der Waals surface area contributed by atoms with Crippen LogP contribution in [0.25, 0.3) is 0 Å². The molecule has 2 heterocycles. The molecule has 6 fully saturated rings. The average molecular weight is 430 g/mol. The summed E-state index contributed by atoms with van der Waals surface area (Å²) in [4.78, 5) is 15.9. The van der Waals surface area contributed by atoms with Crippen LogP contribution in [-0.2, 0) is 4.79 Å². The predicted molar refractivity (Wildman–Crippen MR) is 120 cm³/mol. The molecule has 4 saturated carbocycles. The molecule has 6 rings (SSSR count). The Labute approximate surface area is 188 Å². The van der Waals surface area contributed by atoms with E-state index in [2.05, 4.69) is 25.7 Å². The Bertz CT molecular complexity index is 751. The largest absolute Gasteiger partial charge is 0.393 e. The van der Waals surface area contributed by atoms with Crippen molar-refractivity contribution in [2.75, 3.05) is 13.1 Å². The number of carbonyl (C=O) groups is 1. The predicted octanol–water partition coefficient (Wildman–Crippen LogP) is 3.89. The van der Waals surface area contributed by atoms with Gasteiger partial charge in [0.25, 0.3) is 0 Å². The van der Waals surface area contributed by atoms with Gasteiger partial charge < -0.3 is 10.2 Å². The Balaban J connectivity index is 1.31. The monoisotopic (exact) mass is 429 g/mol. The van der Waals surface area contributed by atoms with Crippen molar-refractivity contribution in [3.63, 3.8) is 0 Å². The molecule has 4 heteroatoms. The van der Waals surface area contributed by atoms with Crippen molar-refractivity contribution in [3.8, 4) is 0 Å². The molecule has 2 saturated heterocycles. The minimum absolute atomic E-state index is 0.0789. The van der Waals surface area contributed by atoms with Gasteiger partial charge in [0.15, 0.2) is 0 Å². The molecular weight excluding hydrogens is 386 g/mol. The van der Waals surface area contributed by atoms with E-state index in [1.54, 1.807) is 0 Å². The van der Waals surface area contributed by atoms with E-state index in [4.69, 9.17) is 0 Å². The van der Waals surface area contributed by atoms with Crippen molar-refractivity contribution in [2.45, 2.75) is 96.3 Å². The molecule has 4 nitrogen and oxygen atoms in total. The lowest BCUT2D eigenvalue weighted by molar-refractivity contribution is -0.175. The van der Waals surface area contributed by atoms with Gasteiger partial charge in [-0.2, -0.15) is 0 Å². The summed E-state index contributed by atoms with van der Waals surface area (Å²) in [7, 11) is 0. The standard InChI is InChI=1S/C27H43NO3/c1-15-4-7-25-27(3,31)21-6-5-17-18(20(21)14-28(25)13-15)11-22-19(17)12-24(30)23-10-16(29)8-9-26(22,23)2/h15-23,25,29,31H,4-14H2,1-3H3/t15-,16-,17+,18+,19+,20+,21+,22-,23+,25-,26+,27-/m0/s1. The van der Waals surface area contributed by atoms with Crippen LogP contribution in [-0.4, -0.2) is 51.7 Å². The Kier molecular flexibility index (Phi) is 4.78. The third-order valence-corrected chi connectivity index (χ3v) is 11.8. The third-order valence-electron chi connectivity index (χ3n) is 11.8. The third kappa shape index (κ3) is 2.93. The second-order valence-electron chi connectivity index (χ2n) is 13.2. The van der Waals surface area contributed by atoms with Gasteiger partial charge >= 0.3 is 0 Å². The fraction of sp³-hybridized carbons (Fsp3) is 0.963. The van der Waals surface area contributed by atoms with Crippen LogP contribution in [0.4, 0.5) is 0 Å². The number of piperidine rings is 2. The Morgan fingerprint density at radius 2 is 1.71 bits per heavy atom. The molecule has 174 valence electrons. The van der Waals surface area contributed by atoms with Gasteiger partial charge in [0, 0.05) is 31.5 Å². The van der Waals surface area contributed by atoms with E-state index in [0.29, 0.717) is 53.8 Å².